The van der Waals surface area contributed by atoms with E-state index in [4.69, 9.17) is 0 Å². The molecule has 0 aliphatic heterocycles. The summed E-state index contributed by atoms with van der Waals surface area (Å²) in [5, 5.41) is 12.0. The number of hydrogen-bond acceptors (Lipinski definition) is 3. The number of nitriles is 1. The standard InChI is InChI=1S/C17H23F2N3O2/c1-12(2)17(3,11-20)21-15(23)10-22(4)9-13-5-7-14(8-6-13)24-16(18)19/h5-8,12,16H,9-10H2,1-4H3,(H,21,23)/p+1/t17-/m1/s1. The molecule has 0 radical (unpaired) electrons. The lowest BCUT2D eigenvalue weighted by atomic mass is 9.90. The summed E-state index contributed by atoms with van der Waals surface area (Å²) < 4.78 is 28.5. The number of carbonyl (C=O) groups is 1. The van der Waals surface area contributed by atoms with Crippen LogP contribution in [0, 0.1) is 17.2 Å². The Kier molecular flexibility index (Phi) is 7.11. The number of carbonyl (C=O) groups excluding carboxylic acids is 1. The van der Waals surface area contributed by atoms with Crippen LogP contribution in [0.5, 0.6) is 5.75 Å². The van der Waals surface area contributed by atoms with Gasteiger partial charge in [-0.2, -0.15) is 14.0 Å². The Morgan fingerprint density at radius 1 is 1.38 bits per heavy atom. The molecule has 0 saturated heterocycles. The monoisotopic (exact) mass is 340 g/mol. The van der Waals surface area contributed by atoms with Gasteiger partial charge >= 0.3 is 6.61 Å². The highest BCUT2D eigenvalue weighted by atomic mass is 19.3. The van der Waals surface area contributed by atoms with Crippen LogP contribution in [0.25, 0.3) is 0 Å². The maximum atomic E-state index is 12.1. The van der Waals surface area contributed by atoms with Crippen LogP contribution >= 0.6 is 0 Å². The minimum atomic E-state index is -2.84. The summed E-state index contributed by atoms with van der Waals surface area (Å²) in [5.74, 6) is -0.108. The average molecular weight is 340 g/mol. The summed E-state index contributed by atoms with van der Waals surface area (Å²) in [4.78, 5) is 13.0. The highest BCUT2D eigenvalue weighted by Gasteiger charge is 2.30. The van der Waals surface area contributed by atoms with E-state index in [0.29, 0.717) is 6.54 Å². The minimum absolute atomic E-state index is 0.00543. The number of amides is 1. The second-order valence-corrected chi connectivity index (χ2v) is 6.35. The number of halogens is 2. The van der Waals surface area contributed by atoms with E-state index in [1.165, 1.54) is 12.1 Å². The highest BCUT2D eigenvalue weighted by molar-refractivity contribution is 5.78. The normalized spacial score (nSPS) is 14.8. The summed E-state index contributed by atoms with van der Waals surface area (Å²) in [7, 11) is 1.85. The van der Waals surface area contributed by atoms with Crippen molar-refractivity contribution in [1.29, 1.82) is 5.26 Å². The van der Waals surface area contributed by atoms with E-state index in [1.807, 2.05) is 20.9 Å². The third-order valence-corrected chi connectivity index (χ3v) is 3.90. The second-order valence-electron chi connectivity index (χ2n) is 6.35. The molecule has 1 rings (SSSR count). The third kappa shape index (κ3) is 6.13. The van der Waals surface area contributed by atoms with E-state index in [-0.39, 0.29) is 24.1 Å². The number of benzene rings is 1. The van der Waals surface area contributed by atoms with Crippen molar-refractivity contribution in [2.24, 2.45) is 5.92 Å². The first kappa shape index (κ1) is 19.8. The van der Waals surface area contributed by atoms with Gasteiger partial charge < -0.3 is 15.0 Å². The minimum Gasteiger partial charge on any atom is -0.435 e. The number of likely N-dealkylation sites (N-methyl/N-ethyl adjacent to an activating group) is 1. The van der Waals surface area contributed by atoms with Gasteiger partial charge in [-0.05, 0) is 37.1 Å². The Morgan fingerprint density at radius 2 is 1.96 bits per heavy atom. The fourth-order valence-corrected chi connectivity index (χ4v) is 2.11. The summed E-state index contributed by atoms with van der Waals surface area (Å²) in [6.07, 6.45) is 0. The van der Waals surface area contributed by atoms with Crippen molar-refractivity contribution >= 4 is 5.91 Å². The molecule has 0 fully saturated rings. The number of quaternary nitrogens is 1. The van der Waals surface area contributed by atoms with Gasteiger partial charge in [-0.3, -0.25) is 4.79 Å². The fraction of sp³-hybridized carbons (Fsp3) is 0.529. The molecule has 1 amide bonds. The van der Waals surface area contributed by atoms with E-state index < -0.39 is 12.2 Å². The van der Waals surface area contributed by atoms with Crippen LogP contribution in [-0.2, 0) is 11.3 Å². The average Bonchev–Trinajstić information content (AvgIpc) is 2.48. The van der Waals surface area contributed by atoms with Crippen molar-refractivity contribution in [1.82, 2.24) is 5.32 Å². The van der Waals surface area contributed by atoms with Gasteiger partial charge in [0.25, 0.3) is 5.91 Å². The lowest BCUT2D eigenvalue weighted by Gasteiger charge is -2.27. The lowest BCUT2D eigenvalue weighted by Crippen LogP contribution is -3.09. The van der Waals surface area contributed by atoms with Crippen LogP contribution in [0.1, 0.15) is 26.3 Å². The smallest absolute Gasteiger partial charge is 0.387 e. The summed E-state index contributed by atoms with van der Waals surface area (Å²) >= 11 is 0. The van der Waals surface area contributed by atoms with Crippen molar-refractivity contribution in [2.45, 2.75) is 39.5 Å². The summed E-state index contributed by atoms with van der Waals surface area (Å²) in [6, 6.07) is 8.46. The topological polar surface area (TPSA) is 66.6 Å². The van der Waals surface area contributed by atoms with E-state index in [0.717, 1.165) is 10.5 Å². The molecule has 24 heavy (non-hydrogen) atoms. The molecule has 1 aromatic rings. The van der Waals surface area contributed by atoms with Gasteiger partial charge in [-0.25, -0.2) is 0 Å². The number of nitrogens with zero attached hydrogens (tertiary/aromatic N) is 1. The Bertz CT molecular complexity index is 584. The van der Waals surface area contributed by atoms with Crippen LogP contribution in [0.15, 0.2) is 24.3 Å². The molecule has 0 saturated carbocycles. The predicted molar refractivity (Wildman–Crippen MR) is 85.5 cm³/mol. The van der Waals surface area contributed by atoms with Gasteiger partial charge in [0.05, 0.1) is 13.1 Å². The Balaban J connectivity index is 2.55. The van der Waals surface area contributed by atoms with Crippen molar-refractivity contribution < 1.29 is 23.2 Å². The number of nitrogens with one attached hydrogen (secondary N) is 2. The van der Waals surface area contributed by atoms with Gasteiger partial charge in [-0.1, -0.05) is 13.8 Å². The molecule has 5 nitrogen and oxygen atoms in total. The first-order valence-corrected chi connectivity index (χ1v) is 7.73. The van der Waals surface area contributed by atoms with Crippen LogP contribution in [0.2, 0.25) is 0 Å². The van der Waals surface area contributed by atoms with Gasteiger partial charge in [0.2, 0.25) is 0 Å². The molecular weight excluding hydrogens is 316 g/mol. The fourth-order valence-electron chi connectivity index (χ4n) is 2.11. The van der Waals surface area contributed by atoms with Gasteiger partial charge in [0.1, 0.15) is 17.8 Å². The van der Waals surface area contributed by atoms with Crippen molar-refractivity contribution in [2.75, 3.05) is 13.6 Å². The Hall–Kier alpha value is -2.20. The largest absolute Gasteiger partial charge is 0.435 e. The zero-order valence-electron chi connectivity index (χ0n) is 14.4. The molecule has 2 N–H and O–H groups in total. The maximum Gasteiger partial charge on any atom is 0.387 e. The molecule has 0 aliphatic carbocycles. The van der Waals surface area contributed by atoms with E-state index in [1.54, 1.807) is 19.1 Å². The number of hydrogen-bond donors (Lipinski definition) is 2. The van der Waals surface area contributed by atoms with Gasteiger partial charge in [-0.15, -0.1) is 0 Å². The molecule has 0 bridgehead atoms. The molecule has 0 aromatic heterocycles. The molecule has 132 valence electrons. The molecule has 0 aliphatic rings. The molecule has 1 aromatic carbocycles. The summed E-state index contributed by atoms with van der Waals surface area (Å²) in [6.45, 7) is 3.37. The molecular formula is C17H24F2N3O2+. The van der Waals surface area contributed by atoms with Crippen LogP contribution in [0.4, 0.5) is 8.78 Å². The molecule has 7 heteroatoms. The summed E-state index contributed by atoms with van der Waals surface area (Å²) in [5.41, 5.74) is -0.000144. The number of alkyl halides is 2. The lowest BCUT2D eigenvalue weighted by molar-refractivity contribution is -0.885. The first-order valence-electron chi connectivity index (χ1n) is 7.73. The van der Waals surface area contributed by atoms with Crippen molar-refractivity contribution in [3.63, 3.8) is 0 Å². The van der Waals surface area contributed by atoms with Gasteiger partial charge in [0, 0.05) is 5.56 Å². The highest BCUT2D eigenvalue weighted by Crippen LogP contribution is 2.15. The first-order chi connectivity index (χ1) is 11.2. The van der Waals surface area contributed by atoms with Crippen molar-refractivity contribution in [3.05, 3.63) is 29.8 Å². The predicted octanol–water partition coefficient (Wildman–Crippen LogP) is 1.36. The zero-order chi connectivity index (χ0) is 18.3. The molecule has 0 heterocycles. The van der Waals surface area contributed by atoms with E-state index in [2.05, 4.69) is 16.1 Å². The number of ether oxygens (including phenoxy) is 1. The van der Waals surface area contributed by atoms with E-state index >= 15 is 0 Å². The Morgan fingerprint density at radius 3 is 2.42 bits per heavy atom. The van der Waals surface area contributed by atoms with Crippen LogP contribution in [-0.4, -0.2) is 31.7 Å². The van der Waals surface area contributed by atoms with E-state index in [9.17, 15) is 18.8 Å². The van der Waals surface area contributed by atoms with Crippen LogP contribution in [0.3, 0.4) is 0 Å². The second kappa shape index (κ2) is 8.60. The molecule has 1 unspecified atom stereocenters. The quantitative estimate of drug-likeness (QED) is 0.751. The van der Waals surface area contributed by atoms with Crippen LogP contribution < -0.4 is 15.0 Å². The van der Waals surface area contributed by atoms with Crippen molar-refractivity contribution in [3.8, 4) is 11.8 Å². The Labute approximate surface area is 141 Å². The third-order valence-electron chi connectivity index (χ3n) is 3.90. The molecule has 0 spiro atoms. The SMILES string of the molecule is CC(C)[C@@](C)(C#N)NC(=O)C[NH+](C)Cc1ccc(OC(F)F)cc1. The van der Waals surface area contributed by atoms with Gasteiger partial charge in [0.15, 0.2) is 6.54 Å². The number of rotatable bonds is 8. The maximum absolute atomic E-state index is 12.1. The zero-order valence-corrected chi connectivity index (χ0v) is 14.4. The molecule has 2 atom stereocenters.